The second-order valence-corrected chi connectivity index (χ2v) is 4.68. The highest BCUT2D eigenvalue weighted by molar-refractivity contribution is 5.36. The van der Waals surface area contributed by atoms with Crippen LogP contribution in [0.2, 0.25) is 0 Å². The van der Waals surface area contributed by atoms with E-state index in [1.165, 1.54) is 0 Å². The number of hydrogen-bond acceptors (Lipinski definition) is 2. The zero-order valence-corrected chi connectivity index (χ0v) is 9.65. The highest BCUT2D eigenvalue weighted by Gasteiger charge is 2.24. The second kappa shape index (κ2) is 4.01. The number of non-ortho nitro benzene ring substituents is 1. The summed E-state index contributed by atoms with van der Waals surface area (Å²) in [6, 6.07) is 6.83. The summed E-state index contributed by atoms with van der Waals surface area (Å²) in [6.45, 7) is 8.61. The van der Waals surface area contributed by atoms with Crippen LogP contribution in [0.15, 0.2) is 24.3 Å². The maximum Gasteiger partial charge on any atom is 0.269 e. The molecular weight excluding hydrogens is 190 g/mol. The van der Waals surface area contributed by atoms with Crippen LogP contribution in [0.1, 0.15) is 33.3 Å². The van der Waals surface area contributed by atoms with Crippen LogP contribution in [0.25, 0.3) is 0 Å². The molecule has 0 fully saturated rings. The monoisotopic (exact) mass is 207 g/mol. The summed E-state index contributed by atoms with van der Waals surface area (Å²) in [7, 11) is 0. The van der Waals surface area contributed by atoms with Crippen molar-refractivity contribution in [1.29, 1.82) is 0 Å². The summed E-state index contributed by atoms with van der Waals surface area (Å²) < 4.78 is 0. The lowest BCUT2D eigenvalue weighted by Crippen LogP contribution is -2.24. The fourth-order valence-electron chi connectivity index (χ4n) is 1.35. The van der Waals surface area contributed by atoms with Gasteiger partial charge in [0.05, 0.1) is 4.92 Å². The quantitative estimate of drug-likeness (QED) is 0.562. The highest BCUT2D eigenvalue weighted by Crippen LogP contribution is 2.31. The largest absolute Gasteiger partial charge is 0.269 e. The van der Waals surface area contributed by atoms with Gasteiger partial charge < -0.3 is 0 Å². The number of nitro benzene ring substituents is 1. The molecule has 3 heteroatoms. The molecule has 0 aliphatic carbocycles. The molecule has 0 atom stereocenters. The summed E-state index contributed by atoms with van der Waals surface area (Å²) in [5.41, 5.74) is 1.34. The van der Waals surface area contributed by atoms with Crippen LogP contribution >= 0.6 is 0 Å². The van der Waals surface area contributed by atoms with Gasteiger partial charge in [-0.2, -0.15) is 0 Å². The summed E-state index contributed by atoms with van der Waals surface area (Å²) >= 11 is 0. The lowest BCUT2D eigenvalue weighted by atomic mass is 9.75. The number of rotatable bonds is 3. The van der Waals surface area contributed by atoms with Crippen LogP contribution in [0.5, 0.6) is 0 Å². The van der Waals surface area contributed by atoms with E-state index in [-0.39, 0.29) is 16.0 Å². The van der Waals surface area contributed by atoms with E-state index in [1.807, 2.05) is 12.1 Å². The van der Waals surface area contributed by atoms with Crippen molar-refractivity contribution >= 4 is 5.69 Å². The van der Waals surface area contributed by atoms with Crippen molar-refractivity contribution in [3.05, 3.63) is 39.9 Å². The van der Waals surface area contributed by atoms with Gasteiger partial charge in [0.15, 0.2) is 0 Å². The molecule has 1 aromatic carbocycles. The first-order valence-corrected chi connectivity index (χ1v) is 5.10. The average Bonchev–Trinajstić information content (AvgIpc) is 2.17. The van der Waals surface area contributed by atoms with E-state index in [4.69, 9.17) is 0 Å². The van der Waals surface area contributed by atoms with Gasteiger partial charge in [0.2, 0.25) is 0 Å². The van der Waals surface area contributed by atoms with Crippen molar-refractivity contribution in [2.75, 3.05) is 0 Å². The summed E-state index contributed by atoms with van der Waals surface area (Å²) in [6.07, 6.45) is 0. The molecular formula is C12H17NO2. The Labute approximate surface area is 90.3 Å². The van der Waals surface area contributed by atoms with Gasteiger partial charge >= 0.3 is 0 Å². The van der Waals surface area contributed by atoms with Crippen molar-refractivity contribution in [3.8, 4) is 0 Å². The molecule has 0 N–H and O–H groups in total. The zero-order valence-electron chi connectivity index (χ0n) is 9.65. The van der Waals surface area contributed by atoms with Crippen LogP contribution in [0, 0.1) is 16.0 Å². The molecule has 0 radical (unpaired) electrons. The molecule has 0 saturated heterocycles. The standard InChI is InChI=1S/C12H17NO2/c1-9(2)12(3,4)10-5-7-11(8-6-10)13(14)15/h5-9H,1-4H3. The van der Waals surface area contributed by atoms with E-state index in [2.05, 4.69) is 27.7 Å². The fraction of sp³-hybridized carbons (Fsp3) is 0.500. The number of nitrogens with zero attached hydrogens (tertiary/aromatic N) is 1. The molecule has 0 heterocycles. The van der Waals surface area contributed by atoms with Crippen LogP contribution < -0.4 is 0 Å². The predicted octanol–water partition coefficient (Wildman–Crippen LogP) is 3.53. The average molecular weight is 207 g/mol. The Morgan fingerprint density at radius 1 is 1.20 bits per heavy atom. The van der Waals surface area contributed by atoms with E-state index < -0.39 is 0 Å². The number of nitro groups is 1. The minimum Gasteiger partial charge on any atom is -0.258 e. The van der Waals surface area contributed by atoms with Crippen molar-refractivity contribution in [3.63, 3.8) is 0 Å². The molecule has 82 valence electrons. The first-order valence-electron chi connectivity index (χ1n) is 5.10. The fourth-order valence-corrected chi connectivity index (χ4v) is 1.35. The molecule has 15 heavy (non-hydrogen) atoms. The Bertz CT molecular complexity index is 352. The van der Waals surface area contributed by atoms with Gasteiger partial charge in [0.1, 0.15) is 0 Å². The summed E-state index contributed by atoms with van der Waals surface area (Å²) in [4.78, 5) is 10.1. The minimum atomic E-state index is -0.369. The van der Waals surface area contributed by atoms with E-state index in [9.17, 15) is 10.1 Å². The predicted molar refractivity (Wildman–Crippen MR) is 61.0 cm³/mol. The molecule has 1 aromatic rings. The second-order valence-electron chi connectivity index (χ2n) is 4.68. The van der Waals surface area contributed by atoms with Crippen LogP contribution in [0.4, 0.5) is 5.69 Å². The number of benzene rings is 1. The van der Waals surface area contributed by atoms with Crippen LogP contribution in [0.3, 0.4) is 0 Å². The maximum absolute atomic E-state index is 10.5. The van der Waals surface area contributed by atoms with E-state index >= 15 is 0 Å². The van der Waals surface area contributed by atoms with Crippen molar-refractivity contribution in [1.82, 2.24) is 0 Å². The third-order valence-electron chi connectivity index (χ3n) is 3.27. The smallest absolute Gasteiger partial charge is 0.258 e. The van der Waals surface area contributed by atoms with Crippen molar-refractivity contribution < 1.29 is 4.92 Å². The SMILES string of the molecule is CC(C)C(C)(C)c1ccc([N+](=O)[O-])cc1. The summed E-state index contributed by atoms with van der Waals surface area (Å²) in [5, 5.41) is 10.5. The Morgan fingerprint density at radius 2 is 1.67 bits per heavy atom. The van der Waals surface area contributed by atoms with Gasteiger partial charge in [-0.15, -0.1) is 0 Å². The van der Waals surface area contributed by atoms with Crippen LogP contribution in [-0.4, -0.2) is 4.92 Å². The topological polar surface area (TPSA) is 43.1 Å². The van der Waals surface area contributed by atoms with Gasteiger partial charge in [0, 0.05) is 12.1 Å². The number of hydrogen-bond donors (Lipinski definition) is 0. The Hall–Kier alpha value is -1.38. The van der Waals surface area contributed by atoms with Gasteiger partial charge in [-0.05, 0) is 16.9 Å². The summed E-state index contributed by atoms with van der Waals surface area (Å²) in [5.74, 6) is 0.499. The molecule has 0 saturated carbocycles. The van der Waals surface area contributed by atoms with E-state index in [0.29, 0.717) is 5.92 Å². The molecule has 0 aliphatic heterocycles. The normalized spacial score (nSPS) is 11.8. The molecule has 0 unspecified atom stereocenters. The van der Waals surface area contributed by atoms with E-state index in [0.717, 1.165) is 5.56 Å². The van der Waals surface area contributed by atoms with Gasteiger partial charge in [0.25, 0.3) is 5.69 Å². The molecule has 0 spiro atoms. The lowest BCUT2D eigenvalue weighted by molar-refractivity contribution is -0.384. The molecule has 0 aromatic heterocycles. The Balaban J connectivity index is 3.04. The first kappa shape index (κ1) is 11.7. The highest BCUT2D eigenvalue weighted by atomic mass is 16.6. The molecule has 0 amide bonds. The molecule has 1 rings (SSSR count). The Kier molecular flexibility index (Phi) is 3.12. The maximum atomic E-state index is 10.5. The zero-order chi connectivity index (χ0) is 11.6. The van der Waals surface area contributed by atoms with E-state index in [1.54, 1.807) is 12.1 Å². The Morgan fingerprint density at radius 3 is 2.00 bits per heavy atom. The third-order valence-corrected chi connectivity index (χ3v) is 3.27. The molecule has 0 bridgehead atoms. The first-order chi connectivity index (χ1) is 6.85. The minimum absolute atomic E-state index is 0.0507. The van der Waals surface area contributed by atoms with Gasteiger partial charge in [-0.25, -0.2) is 0 Å². The molecule has 3 nitrogen and oxygen atoms in total. The third kappa shape index (κ3) is 2.35. The van der Waals surface area contributed by atoms with Crippen molar-refractivity contribution in [2.24, 2.45) is 5.92 Å². The van der Waals surface area contributed by atoms with Gasteiger partial charge in [-0.3, -0.25) is 10.1 Å². The van der Waals surface area contributed by atoms with Gasteiger partial charge in [-0.1, -0.05) is 39.8 Å². The molecule has 0 aliphatic rings. The lowest BCUT2D eigenvalue weighted by Gasteiger charge is -2.29. The van der Waals surface area contributed by atoms with Crippen LogP contribution in [-0.2, 0) is 5.41 Å². The van der Waals surface area contributed by atoms with Crippen molar-refractivity contribution in [2.45, 2.75) is 33.1 Å².